The van der Waals surface area contributed by atoms with E-state index in [0.29, 0.717) is 24.5 Å². The zero-order chi connectivity index (χ0) is 24.9. The van der Waals surface area contributed by atoms with Gasteiger partial charge in [0.25, 0.3) is 0 Å². The molecule has 2 atom stereocenters. The molecule has 182 valence electrons. The standard InChI is InChI=1S/C29H43NO3/c1-9-16-30(8)28(33)20(3)26(27(32)23-12-10-19(2)11-13-23)25-18-22(14-15-29(5,6)7)17-24(25)21(4)31/h18-20,23,26H,9-13,16-17H2,1-8H3/t19?,20-,23?,26?/m1/s1. The molecule has 33 heavy (non-hydrogen) atoms. The number of nitrogens with zero attached hydrogens (tertiary/aromatic N) is 1. The monoisotopic (exact) mass is 453 g/mol. The minimum absolute atomic E-state index is 0.0302. The van der Waals surface area contributed by atoms with Gasteiger partial charge in [-0.15, -0.1) is 0 Å². The SMILES string of the molecule is CCCN(C)C(=O)[C@H](C)C(C(=O)C1CCC(C)CC1)C1=C(C(C)=O)CC(C#CC(C)(C)C)=C1. The first-order valence-corrected chi connectivity index (χ1v) is 12.6. The highest BCUT2D eigenvalue weighted by Crippen LogP contribution is 2.40. The summed E-state index contributed by atoms with van der Waals surface area (Å²) in [5.74, 6) is 6.04. The van der Waals surface area contributed by atoms with Crippen molar-refractivity contribution < 1.29 is 14.4 Å². The third kappa shape index (κ3) is 7.16. The first-order valence-electron chi connectivity index (χ1n) is 12.6. The summed E-state index contributed by atoms with van der Waals surface area (Å²) < 4.78 is 0. The highest BCUT2D eigenvalue weighted by Gasteiger charge is 2.40. The second-order valence-electron chi connectivity index (χ2n) is 11.2. The lowest BCUT2D eigenvalue weighted by atomic mass is 9.72. The fraction of sp³-hybridized carbons (Fsp3) is 0.690. The van der Waals surface area contributed by atoms with E-state index in [-0.39, 0.29) is 28.8 Å². The molecule has 1 unspecified atom stereocenters. The number of carbonyl (C=O) groups excluding carboxylic acids is 3. The maximum atomic E-state index is 13.9. The summed E-state index contributed by atoms with van der Waals surface area (Å²) in [7, 11) is 1.80. The van der Waals surface area contributed by atoms with Crippen LogP contribution < -0.4 is 0 Å². The average molecular weight is 454 g/mol. The van der Waals surface area contributed by atoms with Gasteiger partial charge in [0.05, 0.1) is 5.92 Å². The Labute approximate surface area is 201 Å². The Bertz CT molecular complexity index is 882. The van der Waals surface area contributed by atoms with Gasteiger partial charge in [-0.2, -0.15) is 0 Å². The summed E-state index contributed by atoms with van der Waals surface area (Å²) in [6.07, 6.45) is 7.06. The summed E-state index contributed by atoms with van der Waals surface area (Å²) >= 11 is 0. The molecular formula is C29H43NO3. The Kier molecular flexibility index (Phi) is 9.29. The van der Waals surface area contributed by atoms with Crippen LogP contribution in [0.3, 0.4) is 0 Å². The molecule has 4 nitrogen and oxygen atoms in total. The third-order valence-corrected chi connectivity index (χ3v) is 6.95. The van der Waals surface area contributed by atoms with E-state index in [1.807, 2.05) is 19.9 Å². The molecule has 0 aliphatic heterocycles. The van der Waals surface area contributed by atoms with Crippen LogP contribution in [0.5, 0.6) is 0 Å². The van der Waals surface area contributed by atoms with Gasteiger partial charge in [-0.05, 0) is 64.5 Å². The van der Waals surface area contributed by atoms with Crippen LogP contribution in [0, 0.1) is 40.9 Å². The fourth-order valence-corrected chi connectivity index (χ4v) is 4.97. The van der Waals surface area contributed by atoms with Crippen LogP contribution in [0.2, 0.25) is 0 Å². The van der Waals surface area contributed by atoms with E-state index in [1.54, 1.807) is 18.9 Å². The molecule has 1 saturated carbocycles. The van der Waals surface area contributed by atoms with Crippen molar-refractivity contribution in [3.8, 4) is 11.8 Å². The molecule has 0 bridgehead atoms. The number of Topliss-reactive ketones (excluding diaryl/α,β-unsaturated/α-hetero) is 2. The van der Waals surface area contributed by atoms with E-state index in [2.05, 4.69) is 39.5 Å². The van der Waals surface area contributed by atoms with Crippen molar-refractivity contribution in [1.82, 2.24) is 4.90 Å². The van der Waals surface area contributed by atoms with Gasteiger partial charge in [0, 0.05) is 48.4 Å². The molecule has 2 aliphatic carbocycles. The van der Waals surface area contributed by atoms with Crippen molar-refractivity contribution in [2.45, 2.75) is 87.0 Å². The summed E-state index contributed by atoms with van der Waals surface area (Å²) in [6, 6.07) is 0. The third-order valence-electron chi connectivity index (χ3n) is 6.95. The van der Waals surface area contributed by atoms with Crippen LogP contribution in [-0.2, 0) is 14.4 Å². The Morgan fingerprint density at radius 1 is 1.15 bits per heavy atom. The maximum absolute atomic E-state index is 13.9. The topological polar surface area (TPSA) is 54.5 Å². The first-order chi connectivity index (χ1) is 15.4. The minimum Gasteiger partial charge on any atom is -0.346 e. The molecule has 1 amide bonds. The second kappa shape index (κ2) is 11.3. The zero-order valence-corrected chi connectivity index (χ0v) is 22.0. The summed E-state index contributed by atoms with van der Waals surface area (Å²) in [5.41, 5.74) is 2.09. The highest BCUT2D eigenvalue weighted by molar-refractivity contribution is 6.00. The van der Waals surface area contributed by atoms with Crippen LogP contribution in [0.1, 0.15) is 87.0 Å². The number of hydrogen-bond acceptors (Lipinski definition) is 3. The molecule has 0 spiro atoms. The Balaban J connectivity index is 2.51. The van der Waals surface area contributed by atoms with Gasteiger partial charge in [-0.3, -0.25) is 14.4 Å². The molecule has 2 rings (SSSR count). The van der Waals surface area contributed by atoms with Crippen molar-refractivity contribution in [2.75, 3.05) is 13.6 Å². The molecule has 0 aromatic rings. The van der Waals surface area contributed by atoms with E-state index in [4.69, 9.17) is 0 Å². The van der Waals surface area contributed by atoms with Crippen molar-refractivity contribution in [2.24, 2.45) is 29.1 Å². The predicted octanol–water partition coefficient (Wildman–Crippen LogP) is 5.77. The van der Waals surface area contributed by atoms with E-state index < -0.39 is 11.8 Å². The predicted molar refractivity (Wildman–Crippen MR) is 134 cm³/mol. The lowest BCUT2D eigenvalue weighted by molar-refractivity contribution is -0.140. The lowest BCUT2D eigenvalue weighted by Gasteiger charge is -2.32. The summed E-state index contributed by atoms with van der Waals surface area (Å²) in [5, 5.41) is 0. The van der Waals surface area contributed by atoms with Gasteiger partial charge in [-0.25, -0.2) is 0 Å². The minimum atomic E-state index is -0.594. The second-order valence-corrected chi connectivity index (χ2v) is 11.2. The fourth-order valence-electron chi connectivity index (χ4n) is 4.97. The normalized spacial score (nSPS) is 22.7. The average Bonchev–Trinajstić information content (AvgIpc) is 3.16. The van der Waals surface area contributed by atoms with Gasteiger partial charge in [0.1, 0.15) is 5.78 Å². The number of rotatable bonds is 8. The van der Waals surface area contributed by atoms with Crippen molar-refractivity contribution >= 4 is 17.5 Å². The van der Waals surface area contributed by atoms with Crippen molar-refractivity contribution in [1.29, 1.82) is 0 Å². The van der Waals surface area contributed by atoms with Gasteiger partial charge in [-0.1, -0.05) is 45.5 Å². The molecule has 0 aromatic carbocycles. The smallest absolute Gasteiger partial charge is 0.226 e. The molecule has 1 fully saturated rings. The van der Waals surface area contributed by atoms with Crippen LogP contribution in [0.4, 0.5) is 0 Å². The number of carbonyl (C=O) groups is 3. The number of hydrogen-bond donors (Lipinski definition) is 0. The number of ketones is 2. The zero-order valence-electron chi connectivity index (χ0n) is 22.0. The summed E-state index contributed by atoms with van der Waals surface area (Å²) in [4.78, 5) is 41.6. The van der Waals surface area contributed by atoms with Crippen LogP contribution in [0.15, 0.2) is 22.8 Å². The maximum Gasteiger partial charge on any atom is 0.226 e. The first kappa shape index (κ1) is 27.1. The molecule has 2 aliphatic rings. The lowest BCUT2D eigenvalue weighted by Crippen LogP contribution is -2.41. The molecule has 4 heteroatoms. The molecule has 0 radical (unpaired) electrons. The number of amides is 1. The van der Waals surface area contributed by atoms with Gasteiger partial charge < -0.3 is 4.90 Å². The van der Waals surface area contributed by atoms with Crippen LogP contribution in [0.25, 0.3) is 0 Å². The van der Waals surface area contributed by atoms with E-state index in [1.165, 1.54) is 0 Å². The molecule has 0 N–H and O–H groups in total. The quantitative estimate of drug-likeness (QED) is 0.439. The van der Waals surface area contributed by atoms with E-state index in [0.717, 1.165) is 43.3 Å². The highest BCUT2D eigenvalue weighted by atomic mass is 16.2. The van der Waals surface area contributed by atoms with Gasteiger partial charge >= 0.3 is 0 Å². The molecular weight excluding hydrogens is 410 g/mol. The summed E-state index contributed by atoms with van der Waals surface area (Å²) in [6.45, 7) is 14.5. The van der Waals surface area contributed by atoms with Crippen molar-refractivity contribution in [3.63, 3.8) is 0 Å². The molecule has 0 saturated heterocycles. The Morgan fingerprint density at radius 2 is 1.76 bits per heavy atom. The Hall–Kier alpha value is -2.15. The van der Waals surface area contributed by atoms with Crippen LogP contribution in [-0.4, -0.2) is 36.0 Å². The number of allylic oxidation sites excluding steroid dienone is 4. The van der Waals surface area contributed by atoms with E-state index >= 15 is 0 Å². The van der Waals surface area contributed by atoms with Crippen molar-refractivity contribution in [3.05, 3.63) is 22.8 Å². The Morgan fingerprint density at radius 3 is 2.27 bits per heavy atom. The van der Waals surface area contributed by atoms with Crippen LogP contribution >= 0.6 is 0 Å². The molecule has 0 heterocycles. The van der Waals surface area contributed by atoms with E-state index in [9.17, 15) is 14.4 Å². The molecule has 0 aromatic heterocycles. The van der Waals surface area contributed by atoms with Gasteiger partial charge in [0.2, 0.25) is 5.91 Å². The largest absolute Gasteiger partial charge is 0.346 e. The van der Waals surface area contributed by atoms with Gasteiger partial charge in [0.15, 0.2) is 5.78 Å².